The van der Waals surface area contributed by atoms with Crippen molar-refractivity contribution in [2.75, 3.05) is 25.3 Å². The van der Waals surface area contributed by atoms with E-state index in [4.69, 9.17) is 9.47 Å². The van der Waals surface area contributed by atoms with E-state index in [1.807, 2.05) is 32.0 Å². The Morgan fingerprint density at radius 2 is 1.90 bits per heavy atom. The van der Waals surface area contributed by atoms with Crippen molar-refractivity contribution < 1.29 is 14.3 Å². The van der Waals surface area contributed by atoms with Crippen LogP contribution in [0.3, 0.4) is 0 Å². The minimum Gasteiger partial charge on any atom is -0.497 e. The molecule has 1 N–H and O–H groups in total. The van der Waals surface area contributed by atoms with Crippen molar-refractivity contribution in [2.45, 2.75) is 18.9 Å². The van der Waals surface area contributed by atoms with Gasteiger partial charge in [0.05, 0.1) is 36.7 Å². The number of nitrogens with one attached hydrogen (secondary N) is 1. The van der Waals surface area contributed by atoms with Crippen LogP contribution in [0.25, 0.3) is 10.9 Å². The van der Waals surface area contributed by atoms with Gasteiger partial charge in [0, 0.05) is 11.5 Å². The van der Waals surface area contributed by atoms with E-state index in [2.05, 4.69) is 16.4 Å². The molecule has 1 amide bonds. The minimum atomic E-state index is -0.228. The van der Waals surface area contributed by atoms with Crippen LogP contribution in [-0.2, 0) is 4.79 Å². The fourth-order valence-corrected chi connectivity index (χ4v) is 3.69. The lowest BCUT2D eigenvalue weighted by atomic mass is 10.0. The molecule has 0 spiro atoms. The van der Waals surface area contributed by atoms with Crippen LogP contribution in [-0.4, -0.2) is 30.9 Å². The van der Waals surface area contributed by atoms with Gasteiger partial charge in [0.1, 0.15) is 22.6 Å². The Bertz CT molecular complexity index is 1120. The number of amides is 1. The maximum absolute atomic E-state index is 12.5. The molecule has 1 heterocycles. The Hall–Kier alpha value is -3.24. The number of nitrogens with zero attached hydrogens (tertiary/aromatic N) is 2. The lowest BCUT2D eigenvalue weighted by Gasteiger charge is -2.12. The van der Waals surface area contributed by atoms with Crippen LogP contribution in [0.1, 0.15) is 16.7 Å². The first-order chi connectivity index (χ1) is 14.0. The van der Waals surface area contributed by atoms with Crippen LogP contribution in [0.4, 0.5) is 5.69 Å². The van der Waals surface area contributed by atoms with Crippen molar-refractivity contribution in [3.8, 4) is 17.6 Å². The van der Waals surface area contributed by atoms with E-state index >= 15 is 0 Å². The molecule has 0 saturated heterocycles. The van der Waals surface area contributed by atoms with Crippen molar-refractivity contribution in [1.29, 1.82) is 5.26 Å². The molecule has 0 aliphatic heterocycles. The standard InChI is InChI=1S/C22H21N3O3S/c1-13-5-6-14(2)21-17(13)9-15(11-23)22(25-21)29-12-20(26)24-18-10-16(27-3)7-8-19(18)28-4/h5-10H,12H2,1-4H3,(H,24,26). The van der Waals surface area contributed by atoms with E-state index in [1.54, 1.807) is 25.3 Å². The fraction of sp³-hybridized carbons (Fsp3) is 0.227. The third-order valence-electron chi connectivity index (χ3n) is 4.51. The summed E-state index contributed by atoms with van der Waals surface area (Å²) in [6.45, 7) is 3.98. The van der Waals surface area contributed by atoms with Gasteiger partial charge >= 0.3 is 0 Å². The number of thioether (sulfide) groups is 1. The molecule has 148 valence electrons. The van der Waals surface area contributed by atoms with Crippen molar-refractivity contribution in [2.24, 2.45) is 0 Å². The van der Waals surface area contributed by atoms with Crippen LogP contribution in [0.15, 0.2) is 41.4 Å². The van der Waals surface area contributed by atoms with Gasteiger partial charge in [-0.25, -0.2) is 4.98 Å². The number of carbonyl (C=O) groups excluding carboxylic acids is 1. The van der Waals surface area contributed by atoms with Crippen molar-refractivity contribution in [3.05, 3.63) is 53.1 Å². The summed E-state index contributed by atoms with van der Waals surface area (Å²) in [6, 6.07) is 13.2. The lowest BCUT2D eigenvalue weighted by Crippen LogP contribution is -2.15. The summed E-state index contributed by atoms with van der Waals surface area (Å²) in [7, 11) is 3.09. The van der Waals surface area contributed by atoms with E-state index in [0.29, 0.717) is 27.8 Å². The Balaban J connectivity index is 1.81. The average molecular weight is 407 g/mol. The number of nitriles is 1. The number of ether oxygens (including phenoxy) is 2. The number of aromatic nitrogens is 1. The maximum atomic E-state index is 12.5. The molecule has 1 aromatic heterocycles. The fourth-order valence-electron chi connectivity index (χ4n) is 2.94. The van der Waals surface area contributed by atoms with E-state index in [9.17, 15) is 10.1 Å². The second kappa shape index (κ2) is 8.84. The molecular weight excluding hydrogens is 386 g/mol. The lowest BCUT2D eigenvalue weighted by molar-refractivity contribution is -0.113. The van der Waals surface area contributed by atoms with Crippen molar-refractivity contribution >= 4 is 34.3 Å². The highest BCUT2D eigenvalue weighted by molar-refractivity contribution is 8.00. The summed E-state index contributed by atoms with van der Waals surface area (Å²) >= 11 is 1.23. The normalized spacial score (nSPS) is 10.4. The SMILES string of the molecule is COc1ccc(OC)c(NC(=O)CSc2nc3c(C)ccc(C)c3cc2C#N)c1. The van der Waals surface area contributed by atoms with Gasteiger partial charge in [-0.05, 0) is 43.2 Å². The third kappa shape index (κ3) is 4.44. The summed E-state index contributed by atoms with van der Waals surface area (Å²) in [5.41, 5.74) is 3.93. The van der Waals surface area contributed by atoms with Gasteiger partial charge in [-0.1, -0.05) is 23.9 Å². The van der Waals surface area contributed by atoms with Crippen LogP contribution >= 0.6 is 11.8 Å². The highest BCUT2D eigenvalue weighted by atomic mass is 32.2. The molecule has 0 bridgehead atoms. The van der Waals surface area contributed by atoms with Gasteiger partial charge in [-0.15, -0.1) is 0 Å². The second-order valence-corrected chi connectivity index (χ2v) is 7.42. The van der Waals surface area contributed by atoms with Crippen LogP contribution < -0.4 is 14.8 Å². The number of carbonyl (C=O) groups is 1. The molecule has 7 heteroatoms. The molecule has 29 heavy (non-hydrogen) atoms. The van der Waals surface area contributed by atoms with Gasteiger partial charge in [0.25, 0.3) is 0 Å². The Labute approximate surface area is 173 Å². The summed E-state index contributed by atoms with van der Waals surface area (Å²) < 4.78 is 10.5. The maximum Gasteiger partial charge on any atom is 0.234 e. The van der Waals surface area contributed by atoms with Crippen LogP contribution in [0.5, 0.6) is 11.5 Å². The molecule has 3 aromatic rings. The van der Waals surface area contributed by atoms with E-state index in [1.165, 1.54) is 18.9 Å². The molecule has 0 unspecified atom stereocenters. The van der Waals surface area contributed by atoms with Gasteiger partial charge < -0.3 is 14.8 Å². The number of fused-ring (bicyclic) bond motifs is 1. The van der Waals surface area contributed by atoms with E-state index in [-0.39, 0.29) is 11.7 Å². The monoisotopic (exact) mass is 407 g/mol. The predicted octanol–water partition coefficient (Wildman–Crippen LogP) is 4.47. The number of methoxy groups -OCH3 is 2. The molecule has 0 saturated carbocycles. The largest absolute Gasteiger partial charge is 0.497 e. The van der Waals surface area contributed by atoms with Crippen LogP contribution in [0, 0.1) is 25.2 Å². The zero-order valence-electron chi connectivity index (χ0n) is 16.7. The number of benzene rings is 2. The first kappa shape index (κ1) is 20.5. The first-order valence-electron chi connectivity index (χ1n) is 8.92. The summed E-state index contributed by atoms with van der Waals surface area (Å²) in [4.78, 5) is 17.2. The summed E-state index contributed by atoms with van der Waals surface area (Å²) in [5, 5.41) is 13.9. The van der Waals surface area contributed by atoms with Crippen molar-refractivity contribution in [3.63, 3.8) is 0 Å². The summed E-state index contributed by atoms with van der Waals surface area (Å²) in [5.74, 6) is 1.03. The molecule has 0 radical (unpaired) electrons. The molecule has 0 atom stereocenters. The quantitative estimate of drug-likeness (QED) is 0.607. The van der Waals surface area contributed by atoms with Crippen molar-refractivity contribution in [1.82, 2.24) is 4.98 Å². The molecule has 0 aliphatic carbocycles. The first-order valence-corrected chi connectivity index (χ1v) is 9.91. The van der Waals surface area contributed by atoms with Gasteiger partial charge in [-0.3, -0.25) is 4.79 Å². The molecule has 0 aliphatic rings. The number of rotatable bonds is 6. The van der Waals surface area contributed by atoms with Gasteiger partial charge in [-0.2, -0.15) is 5.26 Å². The number of anilines is 1. The van der Waals surface area contributed by atoms with E-state index in [0.717, 1.165) is 22.0 Å². The minimum absolute atomic E-state index is 0.110. The third-order valence-corrected chi connectivity index (χ3v) is 5.50. The smallest absolute Gasteiger partial charge is 0.234 e. The molecule has 3 rings (SSSR count). The zero-order chi connectivity index (χ0) is 21.0. The van der Waals surface area contributed by atoms with Gasteiger partial charge in [0.2, 0.25) is 5.91 Å². The zero-order valence-corrected chi connectivity index (χ0v) is 17.5. The highest BCUT2D eigenvalue weighted by Gasteiger charge is 2.14. The Morgan fingerprint density at radius 3 is 2.59 bits per heavy atom. The topological polar surface area (TPSA) is 84.2 Å². The average Bonchev–Trinajstić information content (AvgIpc) is 2.74. The summed E-state index contributed by atoms with van der Waals surface area (Å²) in [6.07, 6.45) is 0. The molecular formula is C22H21N3O3S. The Morgan fingerprint density at radius 1 is 1.14 bits per heavy atom. The molecule has 2 aromatic carbocycles. The Kier molecular flexibility index (Phi) is 6.25. The van der Waals surface area contributed by atoms with E-state index < -0.39 is 0 Å². The van der Waals surface area contributed by atoms with Crippen LogP contribution in [0.2, 0.25) is 0 Å². The second-order valence-electron chi connectivity index (χ2n) is 6.45. The molecule has 6 nitrogen and oxygen atoms in total. The number of hydrogen-bond acceptors (Lipinski definition) is 6. The molecule has 0 fully saturated rings. The number of aryl methyl sites for hydroxylation is 2. The predicted molar refractivity (Wildman–Crippen MR) is 115 cm³/mol. The van der Waals surface area contributed by atoms with Gasteiger partial charge in [0.15, 0.2) is 0 Å². The number of hydrogen-bond donors (Lipinski definition) is 1. The highest BCUT2D eigenvalue weighted by Crippen LogP contribution is 2.30. The number of pyridine rings is 1.